The number of benzene rings is 2. The molecule has 262 valence electrons. The van der Waals surface area contributed by atoms with Crippen LogP contribution in [0.3, 0.4) is 0 Å². The van der Waals surface area contributed by atoms with E-state index in [1.165, 1.54) is 16.9 Å². The van der Waals surface area contributed by atoms with Gasteiger partial charge in [-0.15, -0.1) is 0 Å². The van der Waals surface area contributed by atoms with Crippen LogP contribution < -0.4 is 10.1 Å². The number of fused-ring (bicyclic) bond motifs is 1. The van der Waals surface area contributed by atoms with Crippen molar-refractivity contribution in [1.29, 1.82) is 0 Å². The van der Waals surface area contributed by atoms with Crippen molar-refractivity contribution in [3.8, 4) is 23.1 Å². The third kappa shape index (κ3) is 7.13. The SMILES string of the molecule is CC(O)c1nn(-c2ncccn2)cc1C(=O)N1C[C@@H]2[C@H](C1)[C@H]2Oc1cc(C(C)(C)NC(=O)OCc2ccccc2)cc(-c2ccc(F)c(F)c2)n1. The number of aliphatic hydroxyl groups excluding tert-OH is 1. The van der Waals surface area contributed by atoms with E-state index in [2.05, 4.69) is 25.4 Å². The van der Waals surface area contributed by atoms with Gasteiger partial charge in [-0.2, -0.15) is 5.10 Å². The quantitative estimate of drug-likeness (QED) is 0.197. The summed E-state index contributed by atoms with van der Waals surface area (Å²) in [5.41, 5.74) is 1.58. The molecular formula is C37H35F2N7O5. The lowest BCUT2D eigenvalue weighted by molar-refractivity contribution is 0.0745. The Morgan fingerprint density at radius 3 is 2.41 bits per heavy atom. The van der Waals surface area contributed by atoms with E-state index in [0.29, 0.717) is 29.9 Å². The van der Waals surface area contributed by atoms with Gasteiger partial charge in [0.25, 0.3) is 5.91 Å². The molecule has 3 aromatic heterocycles. The maximum atomic E-state index is 14.3. The molecule has 2 aromatic carbocycles. The van der Waals surface area contributed by atoms with Gasteiger partial charge in [0.05, 0.1) is 22.9 Å². The van der Waals surface area contributed by atoms with Crippen molar-refractivity contribution in [3.05, 3.63) is 119 Å². The fourth-order valence-electron chi connectivity index (χ4n) is 6.31. The molecule has 12 nitrogen and oxygen atoms in total. The van der Waals surface area contributed by atoms with Gasteiger partial charge in [0, 0.05) is 55.1 Å². The molecule has 4 heterocycles. The number of aliphatic hydroxyl groups is 1. The molecule has 2 amide bonds. The summed E-state index contributed by atoms with van der Waals surface area (Å²) in [5.74, 6) is -1.73. The zero-order valence-corrected chi connectivity index (χ0v) is 28.0. The maximum Gasteiger partial charge on any atom is 0.408 e. The smallest absolute Gasteiger partial charge is 0.408 e. The zero-order valence-electron chi connectivity index (χ0n) is 28.0. The van der Waals surface area contributed by atoms with Gasteiger partial charge in [-0.05, 0) is 62.2 Å². The van der Waals surface area contributed by atoms with Crippen LogP contribution in [0.1, 0.15) is 54.1 Å². The zero-order chi connectivity index (χ0) is 35.9. The first-order valence-corrected chi connectivity index (χ1v) is 16.4. The molecule has 14 heteroatoms. The molecule has 1 saturated carbocycles. The maximum absolute atomic E-state index is 14.3. The Hall–Kier alpha value is -5.76. The van der Waals surface area contributed by atoms with Crippen molar-refractivity contribution in [2.75, 3.05) is 13.1 Å². The predicted molar refractivity (Wildman–Crippen MR) is 179 cm³/mol. The standard InChI is InChI=1S/C37H35F2N7O5/c1-21(47)32-27(19-46(44-32)35-40-12-7-13-41-35)34(48)45-17-25-26(18-45)33(25)51-31-16-24(15-30(42-31)23-10-11-28(38)29(39)14-23)37(2,3)43-36(49)50-20-22-8-5-4-6-9-22/h4-16,19,21,25-26,33,47H,17-18,20H2,1-3H3,(H,43,49)/t21?,25-,26+,33+. The number of nitrogens with one attached hydrogen (secondary N) is 1. The average Bonchev–Trinajstić information content (AvgIpc) is 3.45. The van der Waals surface area contributed by atoms with Crippen LogP contribution in [-0.2, 0) is 16.9 Å². The van der Waals surface area contributed by atoms with Crippen molar-refractivity contribution in [2.45, 2.75) is 45.1 Å². The monoisotopic (exact) mass is 695 g/mol. The van der Waals surface area contributed by atoms with Crippen LogP contribution in [0.25, 0.3) is 17.2 Å². The number of likely N-dealkylation sites (tertiary alicyclic amines) is 1. The number of halogens is 2. The van der Waals surface area contributed by atoms with Crippen molar-refractivity contribution in [2.24, 2.45) is 11.8 Å². The number of carbonyl (C=O) groups is 2. The van der Waals surface area contributed by atoms with E-state index in [1.54, 1.807) is 56.3 Å². The van der Waals surface area contributed by atoms with E-state index in [9.17, 15) is 23.5 Å². The summed E-state index contributed by atoms with van der Waals surface area (Å²) < 4.78 is 41.3. The van der Waals surface area contributed by atoms with E-state index in [0.717, 1.165) is 17.7 Å². The van der Waals surface area contributed by atoms with Gasteiger partial charge in [-0.3, -0.25) is 4.79 Å². The van der Waals surface area contributed by atoms with Gasteiger partial charge in [-0.25, -0.2) is 33.2 Å². The highest BCUT2D eigenvalue weighted by Crippen LogP contribution is 2.48. The van der Waals surface area contributed by atoms with Crippen LogP contribution in [0.2, 0.25) is 0 Å². The topological polar surface area (TPSA) is 145 Å². The molecule has 1 aliphatic heterocycles. The largest absolute Gasteiger partial charge is 0.474 e. The van der Waals surface area contributed by atoms with Crippen LogP contribution in [0.5, 0.6) is 5.88 Å². The van der Waals surface area contributed by atoms with E-state index in [-0.39, 0.29) is 53.5 Å². The van der Waals surface area contributed by atoms with Gasteiger partial charge in [0.1, 0.15) is 18.4 Å². The highest BCUT2D eigenvalue weighted by Gasteiger charge is 2.59. The Labute approximate surface area is 292 Å². The van der Waals surface area contributed by atoms with E-state index >= 15 is 0 Å². The second-order valence-electron chi connectivity index (χ2n) is 13.2. The molecule has 7 rings (SSSR count). The van der Waals surface area contributed by atoms with Crippen LogP contribution in [-0.4, -0.2) is 65.9 Å². The number of hydrogen-bond donors (Lipinski definition) is 2. The Morgan fingerprint density at radius 2 is 1.73 bits per heavy atom. The van der Waals surface area contributed by atoms with Gasteiger partial charge in [-0.1, -0.05) is 30.3 Å². The Bertz CT molecular complexity index is 2060. The second kappa shape index (κ2) is 13.5. The second-order valence-corrected chi connectivity index (χ2v) is 13.2. The van der Waals surface area contributed by atoms with Crippen molar-refractivity contribution in [3.63, 3.8) is 0 Å². The van der Waals surface area contributed by atoms with Crippen molar-refractivity contribution >= 4 is 12.0 Å². The Kier molecular flexibility index (Phi) is 8.93. The number of alkyl carbamates (subject to hydrolysis) is 1. The fourth-order valence-corrected chi connectivity index (χ4v) is 6.31. The van der Waals surface area contributed by atoms with Gasteiger partial charge >= 0.3 is 6.09 Å². The molecule has 2 N–H and O–H groups in total. The summed E-state index contributed by atoms with van der Waals surface area (Å²) in [6.07, 6.45) is 2.77. The minimum Gasteiger partial charge on any atom is -0.474 e. The van der Waals surface area contributed by atoms with E-state index in [1.807, 2.05) is 30.3 Å². The molecule has 5 aromatic rings. The summed E-state index contributed by atoms with van der Waals surface area (Å²) in [4.78, 5) is 41.2. The van der Waals surface area contributed by atoms with Crippen LogP contribution in [0.15, 0.2) is 85.3 Å². The Balaban J connectivity index is 1.07. The van der Waals surface area contributed by atoms with Crippen LogP contribution in [0, 0.1) is 23.5 Å². The molecular weight excluding hydrogens is 660 g/mol. The number of nitrogens with zero attached hydrogens (tertiary/aromatic N) is 6. The molecule has 1 unspecified atom stereocenters. The molecule has 51 heavy (non-hydrogen) atoms. The molecule has 2 fully saturated rings. The highest BCUT2D eigenvalue weighted by molar-refractivity contribution is 5.95. The highest BCUT2D eigenvalue weighted by atomic mass is 19.2. The minimum atomic E-state index is -1.02. The number of aromatic nitrogens is 5. The molecule has 1 aliphatic carbocycles. The summed E-state index contributed by atoms with van der Waals surface area (Å²) >= 11 is 0. The number of pyridine rings is 1. The third-order valence-corrected chi connectivity index (χ3v) is 9.15. The number of ether oxygens (including phenoxy) is 2. The molecule has 0 spiro atoms. The van der Waals surface area contributed by atoms with Gasteiger partial charge in [0.2, 0.25) is 11.8 Å². The molecule has 4 atom stereocenters. The minimum absolute atomic E-state index is 0.0210. The number of amides is 2. The van der Waals surface area contributed by atoms with Gasteiger partial charge < -0.3 is 24.8 Å². The average molecular weight is 696 g/mol. The lowest BCUT2D eigenvalue weighted by atomic mass is 9.93. The van der Waals surface area contributed by atoms with E-state index < -0.39 is 29.4 Å². The molecule has 2 aliphatic rings. The molecule has 0 radical (unpaired) electrons. The summed E-state index contributed by atoms with van der Waals surface area (Å²) in [7, 11) is 0. The first-order valence-electron chi connectivity index (χ1n) is 16.4. The van der Waals surface area contributed by atoms with Crippen molar-refractivity contribution < 1.29 is 33.0 Å². The first kappa shape index (κ1) is 33.7. The third-order valence-electron chi connectivity index (χ3n) is 9.15. The van der Waals surface area contributed by atoms with Gasteiger partial charge in [0.15, 0.2) is 11.6 Å². The Morgan fingerprint density at radius 1 is 1.00 bits per heavy atom. The lowest BCUT2D eigenvalue weighted by Crippen LogP contribution is -2.41. The predicted octanol–water partition coefficient (Wildman–Crippen LogP) is 5.37. The van der Waals surface area contributed by atoms with Crippen LogP contribution >= 0.6 is 0 Å². The normalized spacial score (nSPS) is 18.5. The summed E-state index contributed by atoms with van der Waals surface area (Å²) in [6, 6.07) is 17.8. The number of hydrogen-bond acceptors (Lipinski definition) is 9. The summed E-state index contributed by atoms with van der Waals surface area (Å²) in [5, 5.41) is 17.6. The number of rotatable bonds is 10. The van der Waals surface area contributed by atoms with Crippen LogP contribution in [0.4, 0.5) is 13.6 Å². The number of carbonyl (C=O) groups excluding carboxylic acids is 2. The summed E-state index contributed by atoms with van der Waals surface area (Å²) in [6.45, 7) is 6.02. The first-order chi connectivity index (χ1) is 24.5. The molecule has 0 bridgehead atoms. The van der Waals surface area contributed by atoms with Crippen molar-refractivity contribution in [1.82, 2.24) is 34.9 Å². The lowest BCUT2D eigenvalue weighted by Gasteiger charge is -2.27. The molecule has 1 saturated heterocycles. The van der Waals surface area contributed by atoms with E-state index in [4.69, 9.17) is 9.47 Å². The number of piperidine rings is 1. The fraction of sp³-hybridized carbons (Fsp3) is 0.297.